The zero-order valence-electron chi connectivity index (χ0n) is 9.28. The fourth-order valence-corrected chi connectivity index (χ4v) is 3.89. The Kier molecular flexibility index (Phi) is 3.06. The molecule has 0 aliphatic carbocycles. The van der Waals surface area contributed by atoms with Gasteiger partial charge in [0.05, 0.1) is 5.02 Å². The largest absolute Gasteiger partial charge is 0.399 e. The van der Waals surface area contributed by atoms with Crippen LogP contribution in [0.25, 0.3) is 21.2 Å². The maximum Gasteiger partial charge on any atom is 0.0505 e. The van der Waals surface area contributed by atoms with Gasteiger partial charge in [-0.2, -0.15) is 0 Å². The number of hydrogen-bond acceptors (Lipinski definition) is 2. The van der Waals surface area contributed by atoms with Crippen molar-refractivity contribution in [2.45, 2.75) is 0 Å². The van der Waals surface area contributed by atoms with E-state index in [4.69, 9.17) is 17.3 Å². The first-order chi connectivity index (χ1) is 8.66. The third kappa shape index (κ3) is 1.92. The van der Waals surface area contributed by atoms with Gasteiger partial charge in [-0.25, -0.2) is 0 Å². The van der Waals surface area contributed by atoms with Crippen molar-refractivity contribution in [2.24, 2.45) is 0 Å². The fraction of sp³-hybridized carbons (Fsp3) is 0. The van der Waals surface area contributed by atoms with Gasteiger partial charge >= 0.3 is 0 Å². The summed E-state index contributed by atoms with van der Waals surface area (Å²) in [6, 6.07) is 11.8. The predicted octanol–water partition coefficient (Wildman–Crippen LogP) is 5.57. The van der Waals surface area contributed by atoms with Crippen LogP contribution in [0, 0.1) is 0 Å². The van der Waals surface area contributed by atoms with Crippen LogP contribution in [0.15, 0.2) is 46.3 Å². The lowest BCUT2D eigenvalue weighted by Gasteiger charge is -2.04. The van der Waals surface area contributed by atoms with E-state index in [-0.39, 0.29) is 0 Å². The highest BCUT2D eigenvalue weighted by Gasteiger charge is 2.11. The first kappa shape index (κ1) is 12.0. The Hall–Kier alpha value is -1.03. The van der Waals surface area contributed by atoms with E-state index in [9.17, 15) is 0 Å². The molecule has 1 heterocycles. The second-order valence-corrected chi connectivity index (χ2v) is 6.15. The van der Waals surface area contributed by atoms with Crippen LogP contribution < -0.4 is 5.73 Å². The summed E-state index contributed by atoms with van der Waals surface area (Å²) in [5.74, 6) is 0. The van der Waals surface area contributed by atoms with Crippen LogP contribution in [0.4, 0.5) is 5.69 Å². The van der Waals surface area contributed by atoms with Crippen molar-refractivity contribution < 1.29 is 0 Å². The summed E-state index contributed by atoms with van der Waals surface area (Å²) in [5.41, 5.74) is 8.59. The molecule has 90 valence electrons. The van der Waals surface area contributed by atoms with Crippen molar-refractivity contribution in [3.63, 3.8) is 0 Å². The van der Waals surface area contributed by atoms with E-state index >= 15 is 0 Å². The summed E-state index contributed by atoms with van der Waals surface area (Å²) in [7, 11) is 0. The molecule has 0 aliphatic heterocycles. The molecule has 0 bridgehead atoms. The van der Waals surface area contributed by atoms with E-state index in [0.717, 1.165) is 15.6 Å². The first-order valence-corrected chi connectivity index (χ1v) is 7.43. The maximum atomic E-state index is 6.27. The van der Waals surface area contributed by atoms with Gasteiger partial charge in [0.15, 0.2) is 0 Å². The lowest BCUT2D eigenvalue weighted by atomic mass is 10.0. The summed E-state index contributed by atoms with van der Waals surface area (Å²) in [4.78, 5) is 0. The molecule has 3 aromatic rings. The van der Waals surface area contributed by atoms with Gasteiger partial charge in [-0.15, -0.1) is 11.3 Å². The van der Waals surface area contributed by atoms with Crippen LogP contribution in [0.1, 0.15) is 0 Å². The molecular weight excluding hydrogens is 330 g/mol. The van der Waals surface area contributed by atoms with Crippen LogP contribution in [0.2, 0.25) is 5.02 Å². The van der Waals surface area contributed by atoms with Crippen molar-refractivity contribution >= 4 is 54.6 Å². The molecule has 0 aliphatic rings. The van der Waals surface area contributed by atoms with Crippen molar-refractivity contribution in [3.8, 4) is 11.1 Å². The lowest BCUT2D eigenvalue weighted by molar-refractivity contribution is 1.66. The molecule has 4 heteroatoms. The van der Waals surface area contributed by atoms with Gasteiger partial charge in [0.2, 0.25) is 0 Å². The molecule has 0 unspecified atom stereocenters. The molecule has 0 fully saturated rings. The number of rotatable bonds is 1. The normalized spacial score (nSPS) is 11.0. The molecule has 0 spiro atoms. The van der Waals surface area contributed by atoms with E-state index < -0.39 is 0 Å². The standard InChI is InChI=1S/C14H9BrClNS/c15-12-3-1-2-10-11(7-18-14(10)12)9-5-4-8(17)6-13(9)16/h1-7H,17H2. The fourth-order valence-electron chi connectivity index (χ4n) is 1.98. The Labute approximate surface area is 122 Å². The third-order valence-corrected chi connectivity index (χ3v) is 5.10. The molecule has 0 saturated carbocycles. The van der Waals surface area contributed by atoms with Crippen LogP contribution >= 0.6 is 38.9 Å². The topological polar surface area (TPSA) is 26.0 Å². The highest BCUT2D eigenvalue weighted by Crippen LogP contribution is 2.40. The summed E-state index contributed by atoms with van der Waals surface area (Å²) in [6.45, 7) is 0. The van der Waals surface area contributed by atoms with Gasteiger partial charge in [-0.3, -0.25) is 0 Å². The number of fused-ring (bicyclic) bond motifs is 1. The Bertz CT molecular complexity index is 736. The van der Waals surface area contributed by atoms with Crippen LogP contribution in [0.5, 0.6) is 0 Å². The maximum absolute atomic E-state index is 6.27. The number of halogens is 2. The number of benzene rings is 2. The predicted molar refractivity (Wildman–Crippen MR) is 84.4 cm³/mol. The van der Waals surface area contributed by atoms with Crippen LogP contribution in [-0.4, -0.2) is 0 Å². The molecular formula is C14H9BrClNS. The molecule has 18 heavy (non-hydrogen) atoms. The number of thiophene rings is 1. The molecule has 0 radical (unpaired) electrons. The van der Waals surface area contributed by atoms with Crippen LogP contribution in [-0.2, 0) is 0 Å². The molecule has 2 N–H and O–H groups in total. The minimum Gasteiger partial charge on any atom is -0.399 e. The zero-order valence-corrected chi connectivity index (χ0v) is 12.4. The third-order valence-electron chi connectivity index (χ3n) is 2.84. The van der Waals surface area contributed by atoms with E-state index in [0.29, 0.717) is 10.7 Å². The number of hydrogen-bond donors (Lipinski definition) is 1. The molecule has 1 nitrogen and oxygen atoms in total. The van der Waals surface area contributed by atoms with Gasteiger partial charge in [0.1, 0.15) is 0 Å². The van der Waals surface area contributed by atoms with Gasteiger partial charge < -0.3 is 5.73 Å². The quantitative estimate of drug-likeness (QED) is 0.577. The molecule has 1 aromatic heterocycles. The summed E-state index contributed by atoms with van der Waals surface area (Å²) in [5, 5.41) is 4.03. The lowest BCUT2D eigenvalue weighted by Crippen LogP contribution is -1.85. The van der Waals surface area contributed by atoms with E-state index in [1.807, 2.05) is 24.3 Å². The van der Waals surface area contributed by atoms with Gasteiger partial charge in [0, 0.05) is 31.4 Å². The SMILES string of the molecule is Nc1ccc(-c2csc3c(Br)cccc23)c(Cl)c1. The van der Waals surface area contributed by atoms with Crippen molar-refractivity contribution in [1.29, 1.82) is 0 Å². The second kappa shape index (κ2) is 4.57. The minimum absolute atomic E-state index is 0.685. The molecule has 0 amide bonds. The second-order valence-electron chi connectivity index (χ2n) is 4.01. The van der Waals surface area contributed by atoms with Gasteiger partial charge in [0.25, 0.3) is 0 Å². The molecule has 0 atom stereocenters. The smallest absolute Gasteiger partial charge is 0.0505 e. The highest BCUT2D eigenvalue weighted by molar-refractivity contribution is 9.10. The zero-order chi connectivity index (χ0) is 12.7. The number of nitrogen functional groups attached to an aromatic ring is 1. The summed E-state index contributed by atoms with van der Waals surface area (Å²) >= 11 is 11.6. The van der Waals surface area contributed by atoms with Gasteiger partial charge in [-0.05, 0) is 39.5 Å². The van der Waals surface area contributed by atoms with Gasteiger partial charge in [-0.1, -0.05) is 29.8 Å². The Morgan fingerprint density at radius 1 is 1.11 bits per heavy atom. The Morgan fingerprint density at radius 2 is 1.94 bits per heavy atom. The summed E-state index contributed by atoms with van der Waals surface area (Å²) < 4.78 is 2.35. The first-order valence-electron chi connectivity index (χ1n) is 5.38. The minimum atomic E-state index is 0.685. The molecule has 0 saturated heterocycles. The summed E-state index contributed by atoms with van der Waals surface area (Å²) in [6.07, 6.45) is 0. The van der Waals surface area contributed by atoms with Crippen molar-refractivity contribution in [3.05, 3.63) is 51.3 Å². The molecule has 2 aromatic carbocycles. The number of nitrogens with two attached hydrogens (primary N) is 1. The molecule has 3 rings (SSSR count). The van der Waals surface area contributed by atoms with Crippen molar-refractivity contribution in [2.75, 3.05) is 5.73 Å². The van der Waals surface area contributed by atoms with Crippen molar-refractivity contribution in [1.82, 2.24) is 0 Å². The Balaban J connectivity index is 2.29. The van der Waals surface area contributed by atoms with Crippen LogP contribution in [0.3, 0.4) is 0 Å². The van der Waals surface area contributed by atoms with E-state index in [1.165, 1.54) is 10.1 Å². The highest BCUT2D eigenvalue weighted by atomic mass is 79.9. The van der Waals surface area contributed by atoms with E-state index in [1.54, 1.807) is 17.4 Å². The Morgan fingerprint density at radius 3 is 2.72 bits per heavy atom. The van der Waals surface area contributed by atoms with E-state index in [2.05, 4.69) is 27.4 Å². The number of anilines is 1. The average Bonchev–Trinajstić information content (AvgIpc) is 2.74. The average molecular weight is 339 g/mol. The monoisotopic (exact) mass is 337 g/mol.